The first kappa shape index (κ1) is 10.2. The second-order valence-corrected chi connectivity index (χ2v) is 5.19. The zero-order chi connectivity index (χ0) is 9.97. The molecule has 2 rings (SSSR count). The molecule has 2 unspecified atom stereocenters. The molecule has 1 aliphatic carbocycles. The number of nitrogens with zero attached hydrogens (tertiary/aromatic N) is 1. The predicted octanol–water partition coefficient (Wildman–Crippen LogP) is 3.07. The van der Waals surface area contributed by atoms with E-state index in [4.69, 9.17) is 0 Å². The highest BCUT2D eigenvalue weighted by molar-refractivity contribution is 4.98. The summed E-state index contributed by atoms with van der Waals surface area (Å²) in [6, 6.07) is 0.871. The number of hydrogen-bond donors (Lipinski definition) is 0. The standard InChI is InChI=1S/C13H23N/c1-11-6-5-9-14(10-11)13-8-4-3-7-12(13)2/h5-6,11-13H,3-4,7-10H2,1-2H3/t11-,12?,13?/m0/s1. The minimum absolute atomic E-state index is 0.762. The third-order valence-electron chi connectivity index (χ3n) is 3.86. The lowest BCUT2D eigenvalue weighted by molar-refractivity contribution is 0.110. The zero-order valence-corrected chi connectivity index (χ0v) is 9.58. The van der Waals surface area contributed by atoms with Gasteiger partial charge in [0.25, 0.3) is 0 Å². The Morgan fingerprint density at radius 2 is 1.93 bits per heavy atom. The van der Waals surface area contributed by atoms with E-state index in [2.05, 4.69) is 30.9 Å². The Kier molecular flexibility index (Phi) is 3.27. The molecule has 0 amide bonds. The summed E-state index contributed by atoms with van der Waals surface area (Å²) in [4.78, 5) is 2.70. The molecule has 1 heterocycles. The predicted molar refractivity (Wildman–Crippen MR) is 61.3 cm³/mol. The topological polar surface area (TPSA) is 3.24 Å². The minimum Gasteiger partial charge on any atom is -0.296 e. The van der Waals surface area contributed by atoms with Crippen molar-refractivity contribution in [2.45, 2.75) is 45.6 Å². The minimum atomic E-state index is 0.762. The molecular formula is C13H23N. The van der Waals surface area contributed by atoms with E-state index in [1.54, 1.807) is 0 Å². The molecule has 3 atom stereocenters. The maximum absolute atomic E-state index is 2.70. The van der Waals surface area contributed by atoms with Crippen molar-refractivity contribution in [2.24, 2.45) is 11.8 Å². The molecule has 0 radical (unpaired) electrons. The first-order valence-corrected chi connectivity index (χ1v) is 6.18. The normalized spacial score (nSPS) is 40.0. The Morgan fingerprint density at radius 3 is 2.64 bits per heavy atom. The first-order chi connectivity index (χ1) is 6.77. The summed E-state index contributed by atoms with van der Waals surface area (Å²) in [7, 11) is 0. The molecule has 0 aromatic carbocycles. The fraction of sp³-hybridized carbons (Fsp3) is 0.846. The van der Waals surface area contributed by atoms with Gasteiger partial charge < -0.3 is 0 Å². The van der Waals surface area contributed by atoms with E-state index in [1.165, 1.54) is 38.8 Å². The van der Waals surface area contributed by atoms with Gasteiger partial charge in [-0.2, -0.15) is 0 Å². The lowest BCUT2D eigenvalue weighted by Crippen LogP contribution is -2.44. The first-order valence-electron chi connectivity index (χ1n) is 6.18. The molecule has 2 aliphatic rings. The summed E-state index contributed by atoms with van der Waals surface area (Å²) in [5, 5.41) is 0. The Balaban J connectivity index is 1.96. The summed E-state index contributed by atoms with van der Waals surface area (Å²) in [5.41, 5.74) is 0. The summed E-state index contributed by atoms with van der Waals surface area (Å²) in [6.07, 6.45) is 10.5. The molecule has 14 heavy (non-hydrogen) atoms. The SMILES string of the molecule is CC1CCCCC1N1CC=C[C@H](C)C1. The maximum Gasteiger partial charge on any atom is 0.0166 e. The molecule has 1 fully saturated rings. The van der Waals surface area contributed by atoms with Crippen molar-refractivity contribution in [3.8, 4) is 0 Å². The summed E-state index contributed by atoms with van der Waals surface area (Å²) >= 11 is 0. The second-order valence-electron chi connectivity index (χ2n) is 5.19. The molecule has 80 valence electrons. The van der Waals surface area contributed by atoms with Crippen LogP contribution in [0.1, 0.15) is 39.5 Å². The van der Waals surface area contributed by atoms with Crippen molar-refractivity contribution in [3.05, 3.63) is 12.2 Å². The number of hydrogen-bond acceptors (Lipinski definition) is 1. The highest BCUT2D eigenvalue weighted by Crippen LogP contribution is 2.29. The van der Waals surface area contributed by atoms with Gasteiger partial charge in [-0.1, -0.05) is 38.8 Å². The van der Waals surface area contributed by atoms with Gasteiger partial charge in [0.2, 0.25) is 0 Å². The summed E-state index contributed by atoms with van der Waals surface area (Å²) in [5.74, 6) is 1.68. The van der Waals surface area contributed by atoms with Crippen LogP contribution in [0.4, 0.5) is 0 Å². The highest BCUT2D eigenvalue weighted by atomic mass is 15.2. The van der Waals surface area contributed by atoms with Crippen molar-refractivity contribution in [2.75, 3.05) is 13.1 Å². The van der Waals surface area contributed by atoms with Crippen LogP contribution >= 0.6 is 0 Å². The smallest absolute Gasteiger partial charge is 0.0166 e. The van der Waals surface area contributed by atoms with Crippen molar-refractivity contribution < 1.29 is 0 Å². The molecule has 0 aromatic heterocycles. The fourth-order valence-corrected chi connectivity index (χ4v) is 3.04. The Labute approximate surface area is 88.2 Å². The van der Waals surface area contributed by atoms with Gasteiger partial charge in [-0.15, -0.1) is 0 Å². The molecule has 0 saturated heterocycles. The van der Waals surface area contributed by atoms with Crippen molar-refractivity contribution >= 4 is 0 Å². The van der Waals surface area contributed by atoms with Crippen LogP contribution in [0, 0.1) is 11.8 Å². The molecular weight excluding hydrogens is 170 g/mol. The van der Waals surface area contributed by atoms with Crippen molar-refractivity contribution in [1.82, 2.24) is 4.90 Å². The average molecular weight is 193 g/mol. The summed E-state index contributed by atoms with van der Waals surface area (Å²) < 4.78 is 0. The van der Waals surface area contributed by atoms with E-state index < -0.39 is 0 Å². The van der Waals surface area contributed by atoms with Crippen LogP contribution in [0.5, 0.6) is 0 Å². The van der Waals surface area contributed by atoms with Gasteiger partial charge in [0.1, 0.15) is 0 Å². The average Bonchev–Trinajstić information content (AvgIpc) is 2.18. The van der Waals surface area contributed by atoms with Crippen LogP contribution in [-0.4, -0.2) is 24.0 Å². The molecule has 0 aromatic rings. The van der Waals surface area contributed by atoms with Crippen LogP contribution in [-0.2, 0) is 0 Å². The van der Waals surface area contributed by atoms with E-state index in [9.17, 15) is 0 Å². The van der Waals surface area contributed by atoms with Crippen LogP contribution in [0.15, 0.2) is 12.2 Å². The molecule has 1 heteroatoms. The van der Waals surface area contributed by atoms with Gasteiger partial charge in [-0.05, 0) is 24.7 Å². The number of rotatable bonds is 1. The van der Waals surface area contributed by atoms with Crippen LogP contribution in [0.2, 0.25) is 0 Å². The summed E-state index contributed by atoms with van der Waals surface area (Å²) in [6.45, 7) is 7.24. The van der Waals surface area contributed by atoms with E-state index in [0.717, 1.165) is 17.9 Å². The molecule has 0 N–H and O–H groups in total. The van der Waals surface area contributed by atoms with Crippen molar-refractivity contribution in [3.63, 3.8) is 0 Å². The van der Waals surface area contributed by atoms with E-state index in [-0.39, 0.29) is 0 Å². The lowest BCUT2D eigenvalue weighted by atomic mass is 9.84. The van der Waals surface area contributed by atoms with Gasteiger partial charge in [0, 0.05) is 19.1 Å². The van der Waals surface area contributed by atoms with Gasteiger partial charge >= 0.3 is 0 Å². The quantitative estimate of drug-likeness (QED) is 0.578. The van der Waals surface area contributed by atoms with E-state index >= 15 is 0 Å². The zero-order valence-electron chi connectivity index (χ0n) is 9.58. The van der Waals surface area contributed by atoms with E-state index in [1.807, 2.05) is 0 Å². The fourth-order valence-electron chi connectivity index (χ4n) is 3.04. The monoisotopic (exact) mass is 193 g/mol. The Bertz CT molecular complexity index is 209. The highest BCUT2D eigenvalue weighted by Gasteiger charge is 2.27. The van der Waals surface area contributed by atoms with Crippen LogP contribution < -0.4 is 0 Å². The molecule has 1 nitrogen and oxygen atoms in total. The maximum atomic E-state index is 2.70. The van der Waals surface area contributed by atoms with Gasteiger partial charge in [-0.3, -0.25) is 4.90 Å². The molecule has 0 spiro atoms. The molecule has 0 bridgehead atoms. The third-order valence-corrected chi connectivity index (χ3v) is 3.86. The second kappa shape index (κ2) is 4.48. The van der Waals surface area contributed by atoms with Crippen LogP contribution in [0.25, 0.3) is 0 Å². The lowest BCUT2D eigenvalue weighted by Gasteiger charge is -2.40. The van der Waals surface area contributed by atoms with Gasteiger partial charge in [-0.25, -0.2) is 0 Å². The van der Waals surface area contributed by atoms with Gasteiger partial charge in [0.15, 0.2) is 0 Å². The van der Waals surface area contributed by atoms with Crippen LogP contribution in [0.3, 0.4) is 0 Å². The third kappa shape index (κ3) is 2.20. The van der Waals surface area contributed by atoms with Crippen molar-refractivity contribution in [1.29, 1.82) is 0 Å². The largest absolute Gasteiger partial charge is 0.296 e. The van der Waals surface area contributed by atoms with Gasteiger partial charge in [0.05, 0.1) is 0 Å². The Hall–Kier alpha value is -0.300. The Morgan fingerprint density at radius 1 is 1.14 bits per heavy atom. The molecule has 1 saturated carbocycles. The molecule has 1 aliphatic heterocycles. The van der Waals surface area contributed by atoms with E-state index in [0.29, 0.717) is 0 Å².